The number of nitrogens with zero attached hydrogens (tertiary/aromatic N) is 2. The maximum atomic E-state index is 5.97. The first-order valence-corrected chi connectivity index (χ1v) is 7.05. The van der Waals surface area contributed by atoms with Crippen LogP contribution in [-0.4, -0.2) is 9.97 Å². The highest BCUT2D eigenvalue weighted by Gasteiger charge is 2.07. The van der Waals surface area contributed by atoms with Crippen LogP contribution in [0.1, 0.15) is 0 Å². The zero-order valence-electron chi connectivity index (χ0n) is 10.3. The van der Waals surface area contributed by atoms with Crippen molar-refractivity contribution in [2.24, 2.45) is 0 Å². The summed E-state index contributed by atoms with van der Waals surface area (Å²) in [5, 5.41) is 3.79. The van der Waals surface area contributed by atoms with Crippen LogP contribution >= 0.6 is 27.5 Å². The summed E-state index contributed by atoms with van der Waals surface area (Å²) in [7, 11) is 0. The average Bonchev–Trinajstić information content (AvgIpc) is 2.44. The zero-order valence-corrected chi connectivity index (χ0v) is 12.6. The molecule has 0 fully saturated rings. The molecule has 1 heterocycles. The Hall–Kier alpha value is -1.85. The summed E-state index contributed by atoms with van der Waals surface area (Å²) in [5.74, 6) is 0.882. The molecular weight excluding hydrogens is 340 g/mol. The van der Waals surface area contributed by atoms with Gasteiger partial charge in [-0.25, -0.2) is 9.97 Å². The quantitative estimate of drug-likeness (QED) is 0.721. The lowest BCUT2D eigenvalue weighted by Gasteiger charge is -2.09. The van der Waals surface area contributed by atoms with Gasteiger partial charge < -0.3 is 11.1 Å². The number of rotatable bonds is 2. The molecule has 0 bridgehead atoms. The van der Waals surface area contributed by atoms with Crippen LogP contribution in [0, 0.1) is 0 Å². The van der Waals surface area contributed by atoms with Gasteiger partial charge in [-0.1, -0.05) is 23.7 Å². The van der Waals surface area contributed by atoms with Crippen molar-refractivity contribution in [3.63, 3.8) is 0 Å². The van der Waals surface area contributed by atoms with Crippen LogP contribution < -0.4 is 11.1 Å². The Bertz CT molecular complexity index is 791. The van der Waals surface area contributed by atoms with E-state index in [9.17, 15) is 0 Å². The summed E-state index contributed by atoms with van der Waals surface area (Å²) in [4.78, 5) is 8.80. The lowest BCUT2D eigenvalue weighted by molar-refractivity contribution is 1.29. The van der Waals surface area contributed by atoms with Gasteiger partial charge in [0.25, 0.3) is 0 Å². The van der Waals surface area contributed by atoms with E-state index in [0.717, 1.165) is 21.2 Å². The number of hydrogen-bond acceptors (Lipinski definition) is 4. The summed E-state index contributed by atoms with van der Waals surface area (Å²) in [6, 6.07) is 13.1. The van der Waals surface area contributed by atoms with Gasteiger partial charge in [0.05, 0.1) is 16.1 Å². The van der Waals surface area contributed by atoms with E-state index in [2.05, 4.69) is 31.2 Å². The molecule has 0 saturated heterocycles. The normalized spacial score (nSPS) is 10.7. The van der Waals surface area contributed by atoms with Crippen LogP contribution in [0.15, 0.2) is 46.9 Å². The third kappa shape index (κ3) is 2.55. The summed E-state index contributed by atoms with van der Waals surface area (Å²) >= 11 is 9.34. The van der Waals surface area contributed by atoms with E-state index in [1.165, 1.54) is 0 Å². The molecule has 2 aromatic carbocycles. The third-order valence-corrected chi connectivity index (χ3v) is 3.99. The van der Waals surface area contributed by atoms with Crippen LogP contribution in [0.5, 0.6) is 0 Å². The highest BCUT2D eigenvalue weighted by atomic mass is 79.9. The fraction of sp³-hybridized carbons (Fsp3) is 0. The van der Waals surface area contributed by atoms with Crippen LogP contribution in [0.2, 0.25) is 5.02 Å². The molecule has 4 nitrogen and oxygen atoms in total. The molecule has 6 heteroatoms. The van der Waals surface area contributed by atoms with Crippen molar-refractivity contribution in [2.45, 2.75) is 0 Å². The molecule has 0 aliphatic carbocycles. The van der Waals surface area contributed by atoms with Crippen molar-refractivity contribution in [1.82, 2.24) is 9.97 Å². The number of benzene rings is 2. The Morgan fingerprint density at radius 2 is 1.75 bits per heavy atom. The van der Waals surface area contributed by atoms with E-state index in [-0.39, 0.29) is 0 Å². The van der Waals surface area contributed by atoms with Gasteiger partial charge in [-0.2, -0.15) is 0 Å². The summed E-state index contributed by atoms with van der Waals surface area (Å²) in [6.45, 7) is 0. The largest absolute Gasteiger partial charge is 0.381 e. The molecule has 3 aromatic rings. The van der Waals surface area contributed by atoms with Gasteiger partial charge in [-0.3, -0.25) is 0 Å². The predicted octanol–water partition coefficient (Wildman–Crippen LogP) is 4.37. The monoisotopic (exact) mass is 348 g/mol. The Morgan fingerprint density at radius 3 is 2.45 bits per heavy atom. The molecule has 0 aliphatic heterocycles. The maximum Gasteiger partial charge on any atom is 0.174 e. The molecule has 0 saturated carbocycles. The van der Waals surface area contributed by atoms with Crippen molar-refractivity contribution in [2.75, 3.05) is 11.1 Å². The van der Waals surface area contributed by atoms with Crippen LogP contribution in [0.3, 0.4) is 0 Å². The molecule has 3 rings (SSSR count). The fourth-order valence-electron chi connectivity index (χ4n) is 1.82. The Kier molecular flexibility index (Phi) is 3.46. The van der Waals surface area contributed by atoms with E-state index < -0.39 is 0 Å². The minimum Gasteiger partial charge on any atom is -0.381 e. The Balaban J connectivity index is 2.01. The van der Waals surface area contributed by atoms with Crippen LogP contribution in [0.4, 0.5) is 17.3 Å². The van der Waals surface area contributed by atoms with Gasteiger partial charge in [0.2, 0.25) is 0 Å². The third-order valence-electron chi connectivity index (χ3n) is 2.78. The molecule has 0 amide bonds. The van der Waals surface area contributed by atoms with Crippen LogP contribution in [0.25, 0.3) is 11.0 Å². The van der Waals surface area contributed by atoms with Crippen molar-refractivity contribution >= 4 is 55.9 Å². The fourth-order valence-corrected chi connectivity index (χ4v) is 2.31. The first kappa shape index (κ1) is 13.1. The molecular formula is C14H10BrClN4. The first-order valence-electron chi connectivity index (χ1n) is 5.88. The minimum absolute atomic E-state index is 0.356. The predicted molar refractivity (Wildman–Crippen MR) is 86.4 cm³/mol. The smallest absolute Gasteiger partial charge is 0.174 e. The molecule has 0 spiro atoms. The Morgan fingerprint density at radius 1 is 1.05 bits per heavy atom. The number of nitrogen functional groups attached to an aromatic ring is 1. The average molecular weight is 350 g/mol. The summed E-state index contributed by atoms with van der Waals surface area (Å²) < 4.78 is 0.802. The van der Waals surface area contributed by atoms with Crippen LogP contribution in [-0.2, 0) is 0 Å². The second-order valence-corrected chi connectivity index (χ2v) is 5.46. The van der Waals surface area contributed by atoms with Gasteiger partial charge in [0, 0.05) is 10.2 Å². The molecule has 100 valence electrons. The molecule has 0 aliphatic rings. The molecule has 0 radical (unpaired) electrons. The second kappa shape index (κ2) is 5.26. The second-order valence-electron chi connectivity index (χ2n) is 4.20. The summed E-state index contributed by atoms with van der Waals surface area (Å²) in [5.41, 5.74) is 8.32. The van der Waals surface area contributed by atoms with Crippen molar-refractivity contribution in [3.8, 4) is 0 Å². The first-order chi connectivity index (χ1) is 9.63. The Labute approximate surface area is 129 Å². The SMILES string of the molecule is Nc1nc2ccccc2nc1Nc1ccc(Cl)c(Br)c1. The van der Waals surface area contributed by atoms with E-state index >= 15 is 0 Å². The van der Waals surface area contributed by atoms with Crippen molar-refractivity contribution in [3.05, 3.63) is 52.0 Å². The number of nitrogens with two attached hydrogens (primary N) is 1. The minimum atomic E-state index is 0.356. The topological polar surface area (TPSA) is 63.8 Å². The summed E-state index contributed by atoms with van der Waals surface area (Å²) in [6.07, 6.45) is 0. The number of fused-ring (bicyclic) bond motifs is 1. The molecule has 0 unspecified atom stereocenters. The van der Waals surface area contributed by atoms with E-state index in [1.807, 2.05) is 36.4 Å². The number of para-hydroxylation sites is 2. The lowest BCUT2D eigenvalue weighted by atomic mass is 10.3. The van der Waals surface area contributed by atoms with Gasteiger partial charge in [-0.15, -0.1) is 0 Å². The number of anilines is 3. The van der Waals surface area contributed by atoms with E-state index in [4.69, 9.17) is 17.3 Å². The number of hydrogen-bond donors (Lipinski definition) is 2. The number of nitrogens with one attached hydrogen (secondary N) is 1. The molecule has 20 heavy (non-hydrogen) atoms. The van der Waals surface area contributed by atoms with Gasteiger partial charge in [-0.05, 0) is 46.3 Å². The molecule has 1 aromatic heterocycles. The molecule has 3 N–H and O–H groups in total. The maximum absolute atomic E-state index is 5.97. The van der Waals surface area contributed by atoms with Crippen molar-refractivity contribution < 1.29 is 0 Å². The standard InChI is InChI=1S/C14H10BrClN4/c15-9-7-8(5-6-10(9)16)18-14-13(17)19-11-3-1-2-4-12(11)20-14/h1-7H,(H2,17,19)(H,18,20). The highest BCUT2D eigenvalue weighted by Crippen LogP contribution is 2.28. The highest BCUT2D eigenvalue weighted by molar-refractivity contribution is 9.10. The number of aromatic nitrogens is 2. The van der Waals surface area contributed by atoms with E-state index in [0.29, 0.717) is 16.7 Å². The molecule has 0 atom stereocenters. The lowest BCUT2D eigenvalue weighted by Crippen LogP contribution is -2.02. The van der Waals surface area contributed by atoms with Gasteiger partial charge in [0.15, 0.2) is 11.6 Å². The van der Waals surface area contributed by atoms with Gasteiger partial charge >= 0.3 is 0 Å². The zero-order chi connectivity index (χ0) is 14.1. The van der Waals surface area contributed by atoms with E-state index in [1.54, 1.807) is 6.07 Å². The van der Waals surface area contributed by atoms with Gasteiger partial charge in [0.1, 0.15) is 0 Å². The van der Waals surface area contributed by atoms with Crippen molar-refractivity contribution in [1.29, 1.82) is 0 Å². The number of halogens is 2.